The number of hydrogen-bond acceptors (Lipinski definition) is 4. The zero-order chi connectivity index (χ0) is 26.7. The fraction of sp³-hybridized carbons (Fsp3) is 0.222. The number of aromatic nitrogens is 2. The van der Waals surface area contributed by atoms with Crippen LogP contribution in [0.3, 0.4) is 0 Å². The number of rotatable bonds is 6. The number of nitrogens with one attached hydrogen (secondary N) is 1. The van der Waals surface area contributed by atoms with Gasteiger partial charge in [0.05, 0.1) is 34.8 Å². The molecule has 10 heteroatoms. The second-order valence-corrected chi connectivity index (χ2v) is 8.35. The van der Waals surface area contributed by atoms with E-state index in [1.165, 1.54) is 28.6 Å². The Kier molecular flexibility index (Phi) is 7.19. The molecule has 0 saturated heterocycles. The van der Waals surface area contributed by atoms with Crippen LogP contribution in [0.4, 0.5) is 23.7 Å². The molecule has 3 aromatic carbocycles. The molecule has 192 valence electrons. The van der Waals surface area contributed by atoms with E-state index in [0.29, 0.717) is 28.9 Å². The maximum absolute atomic E-state index is 13.5. The topological polar surface area (TPSA) is 76.5 Å². The van der Waals surface area contributed by atoms with Crippen molar-refractivity contribution >= 4 is 22.6 Å². The lowest BCUT2D eigenvalue weighted by molar-refractivity contribution is -0.137. The van der Waals surface area contributed by atoms with E-state index in [2.05, 4.69) is 10.3 Å². The molecule has 0 fully saturated rings. The van der Waals surface area contributed by atoms with Crippen molar-refractivity contribution in [1.82, 2.24) is 14.5 Å². The van der Waals surface area contributed by atoms with Gasteiger partial charge in [-0.1, -0.05) is 18.2 Å². The second-order valence-electron chi connectivity index (χ2n) is 8.35. The van der Waals surface area contributed by atoms with E-state index < -0.39 is 23.8 Å². The molecule has 0 bridgehead atoms. The van der Waals surface area contributed by atoms with E-state index in [4.69, 9.17) is 4.74 Å². The normalized spacial score (nSPS) is 12.3. The summed E-state index contributed by atoms with van der Waals surface area (Å²) < 4.78 is 46.2. The lowest BCUT2D eigenvalue weighted by Crippen LogP contribution is -2.37. The predicted octanol–water partition coefficient (Wildman–Crippen LogP) is 6.03. The number of fused-ring (bicyclic) bond motifs is 1. The van der Waals surface area contributed by atoms with Gasteiger partial charge in [0.1, 0.15) is 11.6 Å². The number of amides is 2. The lowest BCUT2D eigenvalue weighted by atomic mass is 10.2. The molecule has 1 heterocycles. The van der Waals surface area contributed by atoms with Gasteiger partial charge in [-0.2, -0.15) is 13.2 Å². The standard InChI is InChI=1S/C27H25F3N4O3/c1-4-37-21-14-12-20(13-15-21)34-24(32-23-11-6-5-10-22(23)25(34)35)17(2)33(3)26(36)31-19-9-7-8-18(16-19)27(28,29)30/h5-17H,4H2,1-3H3,(H,31,36). The number of nitrogens with zero attached hydrogens (tertiary/aromatic N) is 3. The van der Waals surface area contributed by atoms with Crippen LogP contribution >= 0.6 is 0 Å². The molecule has 1 atom stereocenters. The van der Waals surface area contributed by atoms with Crippen LogP contribution in [0, 0.1) is 0 Å². The quantitative estimate of drug-likeness (QED) is 0.344. The van der Waals surface area contributed by atoms with Crippen molar-refractivity contribution in [3.8, 4) is 11.4 Å². The van der Waals surface area contributed by atoms with Gasteiger partial charge in [-0.05, 0) is 68.4 Å². The Balaban J connectivity index is 1.72. The van der Waals surface area contributed by atoms with Crippen LogP contribution < -0.4 is 15.6 Å². The molecule has 0 aliphatic carbocycles. The second kappa shape index (κ2) is 10.3. The minimum Gasteiger partial charge on any atom is -0.494 e. The molecule has 1 N–H and O–H groups in total. The average Bonchev–Trinajstić information content (AvgIpc) is 2.88. The number of carbonyl (C=O) groups is 1. The van der Waals surface area contributed by atoms with Gasteiger partial charge >= 0.3 is 12.2 Å². The summed E-state index contributed by atoms with van der Waals surface area (Å²) >= 11 is 0. The number of anilines is 1. The van der Waals surface area contributed by atoms with Crippen molar-refractivity contribution in [3.05, 3.63) is 94.5 Å². The predicted molar refractivity (Wildman–Crippen MR) is 135 cm³/mol. The number of urea groups is 1. The monoisotopic (exact) mass is 510 g/mol. The molecule has 37 heavy (non-hydrogen) atoms. The summed E-state index contributed by atoms with van der Waals surface area (Å²) in [7, 11) is 1.48. The van der Waals surface area contributed by atoms with Gasteiger partial charge in [0.15, 0.2) is 0 Å². The van der Waals surface area contributed by atoms with Crippen molar-refractivity contribution < 1.29 is 22.7 Å². The van der Waals surface area contributed by atoms with Crippen molar-refractivity contribution in [2.24, 2.45) is 0 Å². The van der Waals surface area contributed by atoms with Crippen LogP contribution in [0.1, 0.15) is 31.3 Å². The van der Waals surface area contributed by atoms with Gasteiger partial charge < -0.3 is 15.0 Å². The van der Waals surface area contributed by atoms with Crippen molar-refractivity contribution in [2.75, 3.05) is 19.0 Å². The van der Waals surface area contributed by atoms with E-state index in [9.17, 15) is 22.8 Å². The molecule has 4 rings (SSSR count). The number of halogens is 3. The lowest BCUT2D eigenvalue weighted by Gasteiger charge is -2.27. The fourth-order valence-corrected chi connectivity index (χ4v) is 3.87. The molecular weight excluding hydrogens is 485 g/mol. The van der Waals surface area contributed by atoms with Crippen LogP contribution in [0.25, 0.3) is 16.6 Å². The number of alkyl halides is 3. The molecule has 2 amide bonds. The molecule has 0 radical (unpaired) electrons. The van der Waals surface area contributed by atoms with Crippen LogP contribution in [-0.2, 0) is 6.18 Å². The molecule has 0 aliphatic rings. The molecule has 0 spiro atoms. The van der Waals surface area contributed by atoms with E-state index in [1.54, 1.807) is 55.5 Å². The highest BCUT2D eigenvalue weighted by atomic mass is 19.4. The first-order chi connectivity index (χ1) is 17.6. The molecule has 0 saturated carbocycles. The summed E-state index contributed by atoms with van der Waals surface area (Å²) in [6.07, 6.45) is -4.54. The van der Waals surface area contributed by atoms with Gasteiger partial charge in [-0.25, -0.2) is 9.78 Å². The van der Waals surface area contributed by atoms with Gasteiger partial charge in [-0.3, -0.25) is 9.36 Å². The summed E-state index contributed by atoms with van der Waals surface area (Å²) in [5.74, 6) is 0.926. The summed E-state index contributed by atoms with van der Waals surface area (Å²) in [6.45, 7) is 4.05. The number of para-hydroxylation sites is 1. The highest BCUT2D eigenvalue weighted by Crippen LogP contribution is 2.31. The van der Waals surface area contributed by atoms with Gasteiger partial charge in [0.25, 0.3) is 5.56 Å². The molecule has 7 nitrogen and oxygen atoms in total. The Morgan fingerprint density at radius 2 is 1.78 bits per heavy atom. The Morgan fingerprint density at radius 1 is 1.08 bits per heavy atom. The average molecular weight is 511 g/mol. The van der Waals surface area contributed by atoms with Crippen molar-refractivity contribution in [3.63, 3.8) is 0 Å². The minimum atomic E-state index is -4.54. The largest absolute Gasteiger partial charge is 0.494 e. The smallest absolute Gasteiger partial charge is 0.416 e. The van der Waals surface area contributed by atoms with E-state index in [0.717, 1.165) is 12.1 Å². The number of benzene rings is 3. The zero-order valence-electron chi connectivity index (χ0n) is 20.4. The summed E-state index contributed by atoms with van der Waals surface area (Å²) in [5, 5.41) is 2.90. The number of carbonyl (C=O) groups excluding carboxylic acids is 1. The van der Waals surface area contributed by atoms with Gasteiger partial charge in [-0.15, -0.1) is 0 Å². The molecule has 0 aliphatic heterocycles. The first-order valence-electron chi connectivity index (χ1n) is 11.6. The van der Waals surface area contributed by atoms with Gasteiger partial charge in [0, 0.05) is 12.7 Å². The van der Waals surface area contributed by atoms with Crippen molar-refractivity contribution in [1.29, 1.82) is 0 Å². The molecular formula is C27H25F3N4O3. The SMILES string of the molecule is CCOc1ccc(-n2c(C(C)N(C)C(=O)Nc3cccc(C(F)(F)F)c3)nc3ccccc3c2=O)cc1. The zero-order valence-corrected chi connectivity index (χ0v) is 20.4. The van der Waals surface area contributed by atoms with E-state index in [-0.39, 0.29) is 17.1 Å². The van der Waals surface area contributed by atoms with Crippen LogP contribution in [0.5, 0.6) is 5.75 Å². The Labute approximate surface area is 211 Å². The highest BCUT2D eigenvalue weighted by Gasteiger charge is 2.31. The first-order valence-corrected chi connectivity index (χ1v) is 11.6. The highest BCUT2D eigenvalue weighted by molar-refractivity contribution is 5.89. The summed E-state index contributed by atoms with van der Waals surface area (Å²) in [6, 6.07) is 16.8. The minimum absolute atomic E-state index is 0.00532. The first kappa shape index (κ1) is 25.7. The van der Waals surface area contributed by atoms with Crippen LogP contribution in [-0.4, -0.2) is 34.1 Å². The fourth-order valence-electron chi connectivity index (χ4n) is 3.87. The summed E-state index contributed by atoms with van der Waals surface area (Å²) in [4.78, 5) is 32.5. The number of ether oxygens (including phenoxy) is 1. The molecule has 1 aromatic heterocycles. The maximum atomic E-state index is 13.5. The third-order valence-corrected chi connectivity index (χ3v) is 5.92. The maximum Gasteiger partial charge on any atom is 0.416 e. The van der Waals surface area contributed by atoms with Gasteiger partial charge in [0.2, 0.25) is 0 Å². The van der Waals surface area contributed by atoms with E-state index >= 15 is 0 Å². The molecule has 1 unspecified atom stereocenters. The summed E-state index contributed by atoms with van der Waals surface area (Å²) in [5.41, 5.74) is -0.206. The Bertz CT molecular complexity index is 1480. The molecule has 4 aromatic rings. The van der Waals surface area contributed by atoms with Crippen LogP contribution in [0.15, 0.2) is 77.6 Å². The number of hydrogen-bond donors (Lipinski definition) is 1. The Hall–Kier alpha value is -4.34. The third-order valence-electron chi connectivity index (χ3n) is 5.92. The van der Waals surface area contributed by atoms with Crippen LogP contribution in [0.2, 0.25) is 0 Å². The Morgan fingerprint density at radius 3 is 2.46 bits per heavy atom. The van der Waals surface area contributed by atoms with Crippen molar-refractivity contribution in [2.45, 2.75) is 26.1 Å². The third kappa shape index (κ3) is 5.42. The van der Waals surface area contributed by atoms with E-state index in [1.807, 2.05) is 6.92 Å².